The second-order valence-corrected chi connectivity index (χ2v) is 6.65. The van der Waals surface area contributed by atoms with Crippen LogP contribution >= 0.6 is 12.2 Å². The molecule has 1 aliphatic heterocycles. The lowest BCUT2D eigenvalue weighted by Gasteiger charge is -2.29. The van der Waals surface area contributed by atoms with Crippen LogP contribution in [0.1, 0.15) is 18.5 Å². The molecule has 3 rings (SSSR count). The average Bonchev–Trinajstić information content (AvgIpc) is 2.69. The van der Waals surface area contributed by atoms with Crippen molar-refractivity contribution in [1.82, 2.24) is 5.32 Å². The third kappa shape index (κ3) is 4.86. The summed E-state index contributed by atoms with van der Waals surface area (Å²) in [6.07, 6.45) is 0. The van der Waals surface area contributed by atoms with Gasteiger partial charge in [-0.05, 0) is 49.0 Å². The van der Waals surface area contributed by atoms with Crippen LogP contribution in [0.15, 0.2) is 48.5 Å². The molecule has 1 fully saturated rings. The first-order valence-corrected chi connectivity index (χ1v) is 9.21. The Hall–Kier alpha value is -2.31. The highest BCUT2D eigenvalue weighted by Crippen LogP contribution is 2.21. The number of nitrogens with zero attached hydrogens (tertiary/aromatic N) is 1. The van der Waals surface area contributed by atoms with Gasteiger partial charge in [0.25, 0.3) is 0 Å². The second kappa shape index (κ2) is 8.87. The summed E-state index contributed by atoms with van der Waals surface area (Å²) in [7, 11) is 1.65. The van der Waals surface area contributed by atoms with Crippen molar-refractivity contribution in [3.63, 3.8) is 0 Å². The molecule has 26 heavy (non-hydrogen) atoms. The van der Waals surface area contributed by atoms with Crippen molar-refractivity contribution < 1.29 is 9.47 Å². The van der Waals surface area contributed by atoms with E-state index in [2.05, 4.69) is 46.7 Å². The SMILES string of the molecule is COc1cccc(NC(=S)N[C@@H](C)c2ccc(N3CCOCC3)cc2)c1. The van der Waals surface area contributed by atoms with Gasteiger partial charge in [0.15, 0.2) is 5.11 Å². The van der Waals surface area contributed by atoms with E-state index in [0.29, 0.717) is 5.11 Å². The van der Waals surface area contributed by atoms with Crippen LogP contribution in [0.4, 0.5) is 11.4 Å². The van der Waals surface area contributed by atoms with E-state index in [4.69, 9.17) is 21.7 Å². The highest BCUT2D eigenvalue weighted by Gasteiger charge is 2.12. The normalized spacial score (nSPS) is 15.2. The van der Waals surface area contributed by atoms with Crippen LogP contribution in [0.3, 0.4) is 0 Å². The van der Waals surface area contributed by atoms with E-state index < -0.39 is 0 Å². The van der Waals surface area contributed by atoms with Gasteiger partial charge >= 0.3 is 0 Å². The van der Waals surface area contributed by atoms with Crippen molar-refractivity contribution in [2.75, 3.05) is 43.6 Å². The van der Waals surface area contributed by atoms with Crippen molar-refractivity contribution in [3.05, 3.63) is 54.1 Å². The maximum Gasteiger partial charge on any atom is 0.171 e. The lowest BCUT2D eigenvalue weighted by Crippen LogP contribution is -2.36. The van der Waals surface area contributed by atoms with Gasteiger partial charge in [0.05, 0.1) is 26.4 Å². The molecule has 0 aliphatic carbocycles. The molecule has 1 atom stereocenters. The fraction of sp³-hybridized carbons (Fsp3) is 0.350. The molecule has 2 aromatic rings. The first kappa shape index (κ1) is 18.5. The maximum absolute atomic E-state index is 5.43. The minimum atomic E-state index is 0.111. The average molecular weight is 372 g/mol. The van der Waals surface area contributed by atoms with Crippen LogP contribution in [-0.4, -0.2) is 38.5 Å². The highest BCUT2D eigenvalue weighted by atomic mass is 32.1. The number of ether oxygens (including phenoxy) is 2. The van der Waals surface area contributed by atoms with Crippen LogP contribution < -0.4 is 20.3 Å². The Morgan fingerprint density at radius 2 is 1.88 bits per heavy atom. The number of rotatable bonds is 5. The van der Waals surface area contributed by atoms with E-state index >= 15 is 0 Å². The van der Waals surface area contributed by atoms with Gasteiger partial charge in [0.1, 0.15) is 5.75 Å². The van der Waals surface area contributed by atoms with Crippen molar-refractivity contribution in [1.29, 1.82) is 0 Å². The molecule has 5 nitrogen and oxygen atoms in total. The molecule has 6 heteroatoms. The largest absolute Gasteiger partial charge is 0.497 e. The fourth-order valence-electron chi connectivity index (χ4n) is 2.94. The molecule has 2 aromatic carbocycles. The Balaban J connectivity index is 1.56. The molecule has 0 amide bonds. The molecule has 1 heterocycles. The predicted octanol–water partition coefficient (Wildman–Crippen LogP) is 3.58. The summed E-state index contributed by atoms with van der Waals surface area (Å²) >= 11 is 5.43. The third-order valence-corrected chi connectivity index (χ3v) is 4.66. The van der Waals surface area contributed by atoms with E-state index in [1.54, 1.807) is 7.11 Å². The second-order valence-electron chi connectivity index (χ2n) is 6.24. The van der Waals surface area contributed by atoms with Gasteiger partial charge in [-0.25, -0.2) is 0 Å². The third-order valence-electron chi connectivity index (χ3n) is 4.44. The first-order chi connectivity index (χ1) is 12.7. The molecule has 0 aromatic heterocycles. The van der Waals surface area contributed by atoms with Crippen LogP contribution in [-0.2, 0) is 4.74 Å². The van der Waals surface area contributed by atoms with Crippen LogP contribution in [0.25, 0.3) is 0 Å². The zero-order valence-corrected chi connectivity index (χ0v) is 16.0. The Morgan fingerprint density at radius 1 is 1.15 bits per heavy atom. The monoisotopic (exact) mass is 371 g/mol. The van der Waals surface area contributed by atoms with Gasteiger partial charge in [-0.15, -0.1) is 0 Å². The number of morpholine rings is 1. The molecule has 0 saturated carbocycles. The summed E-state index contributed by atoms with van der Waals surface area (Å²) in [6, 6.07) is 16.4. The minimum Gasteiger partial charge on any atom is -0.497 e. The zero-order chi connectivity index (χ0) is 18.4. The quantitative estimate of drug-likeness (QED) is 0.784. The van der Waals surface area contributed by atoms with E-state index in [1.807, 2.05) is 24.3 Å². The number of benzene rings is 2. The Kier molecular flexibility index (Phi) is 6.30. The summed E-state index contributed by atoms with van der Waals surface area (Å²) in [5.74, 6) is 0.796. The van der Waals surface area contributed by atoms with Crippen molar-refractivity contribution >= 4 is 28.7 Å². The maximum atomic E-state index is 5.43. The Labute approximate surface area is 160 Å². The van der Waals surface area contributed by atoms with Crippen LogP contribution in [0.2, 0.25) is 0 Å². The van der Waals surface area contributed by atoms with E-state index in [0.717, 1.165) is 37.7 Å². The summed E-state index contributed by atoms with van der Waals surface area (Å²) in [5, 5.41) is 7.11. The number of thiocarbonyl (C=S) groups is 1. The van der Waals surface area contributed by atoms with Crippen molar-refractivity contribution in [2.45, 2.75) is 13.0 Å². The molecule has 0 unspecified atom stereocenters. The topological polar surface area (TPSA) is 45.8 Å². The molecular formula is C20H25N3O2S. The van der Waals surface area contributed by atoms with E-state index in [9.17, 15) is 0 Å². The molecule has 0 spiro atoms. The zero-order valence-electron chi connectivity index (χ0n) is 15.2. The lowest BCUT2D eigenvalue weighted by molar-refractivity contribution is 0.122. The Morgan fingerprint density at radius 3 is 2.58 bits per heavy atom. The van der Waals surface area contributed by atoms with Gasteiger partial charge in [-0.1, -0.05) is 18.2 Å². The number of methoxy groups -OCH3 is 1. The van der Waals surface area contributed by atoms with Gasteiger partial charge in [-0.2, -0.15) is 0 Å². The number of hydrogen-bond acceptors (Lipinski definition) is 4. The smallest absolute Gasteiger partial charge is 0.171 e. The minimum absolute atomic E-state index is 0.111. The standard InChI is InChI=1S/C20H25N3O2S/c1-15(21-20(26)22-17-4-3-5-19(14-17)24-2)16-6-8-18(9-7-16)23-10-12-25-13-11-23/h3-9,14-15H,10-13H2,1-2H3,(H2,21,22,26)/t15-/m0/s1. The summed E-state index contributed by atoms with van der Waals surface area (Å²) < 4.78 is 10.6. The molecule has 0 bridgehead atoms. The number of hydrogen-bond donors (Lipinski definition) is 2. The molecule has 2 N–H and O–H groups in total. The van der Waals surface area contributed by atoms with Crippen molar-refractivity contribution in [2.24, 2.45) is 0 Å². The summed E-state index contributed by atoms with van der Waals surface area (Å²) in [4.78, 5) is 2.35. The molecule has 1 saturated heterocycles. The number of anilines is 2. The summed E-state index contributed by atoms with van der Waals surface area (Å²) in [5.41, 5.74) is 3.33. The summed E-state index contributed by atoms with van der Waals surface area (Å²) in [6.45, 7) is 5.58. The predicted molar refractivity (Wildman–Crippen MR) is 110 cm³/mol. The van der Waals surface area contributed by atoms with Gasteiger partial charge in [0.2, 0.25) is 0 Å². The molecule has 1 aliphatic rings. The highest BCUT2D eigenvalue weighted by molar-refractivity contribution is 7.80. The van der Waals surface area contributed by atoms with Gasteiger partial charge in [0, 0.05) is 30.5 Å². The lowest BCUT2D eigenvalue weighted by atomic mass is 10.1. The number of nitrogens with one attached hydrogen (secondary N) is 2. The van der Waals surface area contributed by atoms with E-state index in [1.165, 1.54) is 11.3 Å². The Bertz CT molecular complexity index is 730. The molecular weight excluding hydrogens is 346 g/mol. The molecule has 138 valence electrons. The van der Waals surface area contributed by atoms with Gasteiger partial charge < -0.3 is 25.0 Å². The first-order valence-electron chi connectivity index (χ1n) is 8.80. The fourth-order valence-corrected chi connectivity index (χ4v) is 3.24. The van der Waals surface area contributed by atoms with Crippen LogP contribution in [0.5, 0.6) is 5.75 Å². The van der Waals surface area contributed by atoms with Crippen molar-refractivity contribution in [3.8, 4) is 5.75 Å². The molecule has 0 radical (unpaired) electrons. The van der Waals surface area contributed by atoms with E-state index in [-0.39, 0.29) is 6.04 Å². The van der Waals surface area contributed by atoms with Gasteiger partial charge in [-0.3, -0.25) is 0 Å². The van der Waals surface area contributed by atoms with Crippen LogP contribution in [0, 0.1) is 0 Å².